The summed E-state index contributed by atoms with van der Waals surface area (Å²) in [6.07, 6.45) is -3.72. The minimum absolute atomic E-state index is 0.0351. The van der Waals surface area contributed by atoms with E-state index in [0.29, 0.717) is 0 Å². The highest BCUT2D eigenvalue weighted by Gasteiger charge is 2.39. The Morgan fingerprint density at radius 1 is 1.45 bits per heavy atom. The summed E-state index contributed by atoms with van der Waals surface area (Å²) in [7, 11) is 0. The SMILES string of the molecule is CC(C)COC(F)(F)C(F)Br. The van der Waals surface area contributed by atoms with Gasteiger partial charge in [0.05, 0.1) is 6.61 Å². The average Bonchev–Trinajstić information content (AvgIpc) is 1.84. The lowest BCUT2D eigenvalue weighted by Gasteiger charge is -2.17. The molecule has 1 atom stereocenters. The highest BCUT2D eigenvalue weighted by atomic mass is 79.9. The third kappa shape index (κ3) is 4.63. The monoisotopic (exact) mass is 234 g/mol. The van der Waals surface area contributed by atoms with Gasteiger partial charge in [-0.1, -0.05) is 13.8 Å². The van der Waals surface area contributed by atoms with Crippen LogP contribution in [0.25, 0.3) is 0 Å². The van der Waals surface area contributed by atoms with Crippen molar-refractivity contribution in [2.75, 3.05) is 6.61 Å². The van der Waals surface area contributed by atoms with E-state index in [4.69, 9.17) is 0 Å². The topological polar surface area (TPSA) is 9.23 Å². The average molecular weight is 235 g/mol. The minimum atomic E-state index is -3.72. The number of hydrogen-bond donors (Lipinski definition) is 0. The molecule has 5 heteroatoms. The van der Waals surface area contributed by atoms with Crippen molar-refractivity contribution in [1.82, 2.24) is 0 Å². The van der Waals surface area contributed by atoms with Gasteiger partial charge in [0, 0.05) is 0 Å². The summed E-state index contributed by atoms with van der Waals surface area (Å²) in [4.78, 5) is 0. The standard InChI is InChI=1S/C6H10BrF3O/c1-4(2)3-11-6(9,10)5(7)8/h4-5H,3H2,1-2H3. The molecule has 0 aliphatic rings. The van der Waals surface area contributed by atoms with Gasteiger partial charge >= 0.3 is 6.11 Å². The normalized spacial score (nSPS) is 15.5. The molecular formula is C6H10BrF3O. The van der Waals surface area contributed by atoms with Crippen molar-refractivity contribution in [3.63, 3.8) is 0 Å². The number of halogens is 4. The predicted octanol–water partition coefficient (Wildman–Crippen LogP) is 2.94. The summed E-state index contributed by atoms with van der Waals surface area (Å²) in [5.41, 5.74) is 0. The highest BCUT2D eigenvalue weighted by molar-refractivity contribution is 9.09. The molecule has 1 unspecified atom stereocenters. The van der Waals surface area contributed by atoms with Gasteiger partial charge in [-0.05, 0) is 21.8 Å². The lowest BCUT2D eigenvalue weighted by molar-refractivity contribution is -0.257. The summed E-state index contributed by atoms with van der Waals surface area (Å²) in [6.45, 7) is 3.26. The van der Waals surface area contributed by atoms with Gasteiger partial charge in [-0.2, -0.15) is 8.78 Å². The summed E-state index contributed by atoms with van der Waals surface area (Å²) in [6, 6.07) is 0. The van der Waals surface area contributed by atoms with Gasteiger partial charge in [-0.25, -0.2) is 4.39 Å². The molecule has 0 bridgehead atoms. The quantitative estimate of drug-likeness (QED) is 0.680. The second kappa shape index (κ2) is 4.30. The van der Waals surface area contributed by atoms with E-state index in [9.17, 15) is 13.2 Å². The Morgan fingerprint density at radius 3 is 2.18 bits per heavy atom. The zero-order valence-corrected chi connectivity index (χ0v) is 7.87. The molecule has 0 radical (unpaired) electrons. The van der Waals surface area contributed by atoms with E-state index in [-0.39, 0.29) is 12.5 Å². The molecule has 68 valence electrons. The molecule has 0 aliphatic carbocycles. The van der Waals surface area contributed by atoms with E-state index in [1.165, 1.54) is 0 Å². The summed E-state index contributed by atoms with van der Waals surface area (Å²) in [5.74, 6) is -0.0351. The second-order valence-electron chi connectivity index (χ2n) is 2.57. The van der Waals surface area contributed by atoms with Crippen molar-refractivity contribution in [2.45, 2.75) is 25.0 Å². The van der Waals surface area contributed by atoms with Gasteiger partial charge in [0.2, 0.25) is 5.08 Å². The van der Waals surface area contributed by atoms with Gasteiger partial charge in [-0.15, -0.1) is 0 Å². The van der Waals surface area contributed by atoms with E-state index in [0.717, 1.165) is 0 Å². The van der Waals surface area contributed by atoms with Crippen LogP contribution in [0.2, 0.25) is 0 Å². The maximum Gasteiger partial charge on any atom is 0.396 e. The zero-order chi connectivity index (χ0) is 9.07. The molecule has 0 aliphatic heterocycles. The molecule has 1 nitrogen and oxygen atoms in total. The fourth-order valence-corrected chi connectivity index (χ4v) is 0.473. The largest absolute Gasteiger partial charge is 0.396 e. The molecule has 0 saturated carbocycles. The summed E-state index contributed by atoms with van der Waals surface area (Å²) in [5, 5.41) is -2.44. The molecular weight excluding hydrogens is 225 g/mol. The van der Waals surface area contributed by atoms with Gasteiger partial charge in [0.15, 0.2) is 0 Å². The Morgan fingerprint density at radius 2 is 1.91 bits per heavy atom. The van der Waals surface area contributed by atoms with Crippen molar-refractivity contribution >= 4 is 15.9 Å². The van der Waals surface area contributed by atoms with Crippen LogP contribution in [0.3, 0.4) is 0 Å². The Bertz CT molecular complexity index is 116. The Balaban J connectivity index is 3.73. The van der Waals surface area contributed by atoms with Crippen LogP contribution in [0.15, 0.2) is 0 Å². The molecule has 0 N–H and O–H groups in total. The van der Waals surface area contributed by atoms with Crippen LogP contribution < -0.4 is 0 Å². The van der Waals surface area contributed by atoms with Gasteiger partial charge < -0.3 is 4.74 Å². The zero-order valence-electron chi connectivity index (χ0n) is 6.28. The van der Waals surface area contributed by atoms with Crippen molar-refractivity contribution in [2.24, 2.45) is 5.92 Å². The van der Waals surface area contributed by atoms with Gasteiger partial charge in [0.25, 0.3) is 0 Å². The van der Waals surface area contributed by atoms with E-state index < -0.39 is 11.2 Å². The molecule has 0 amide bonds. The van der Waals surface area contributed by atoms with E-state index in [1.807, 2.05) is 0 Å². The van der Waals surface area contributed by atoms with Crippen molar-refractivity contribution in [3.8, 4) is 0 Å². The van der Waals surface area contributed by atoms with Crippen LogP contribution in [0.4, 0.5) is 13.2 Å². The first kappa shape index (κ1) is 11.2. The summed E-state index contributed by atoms with van der Waals surface area (Å²) >= 11 is 2.10. The van der Waals surface area contributed by atoms with Crippen LogP contribution in [-0.4, -0.2) is 17.8 Å². The molecule has 0 spiro atoms. The summed E-state index contributed by atoms with van der Waals surface area (Å²) < 4.78 is 40.5. The van der Waals surface area contributed by atoms with Crippen LogP contribution in [0, 0.1) is 5.92 Å². The Labute approximate surface area is 72.0 Å². The van der Waals surface area contributed by atoms with E-state index in [1.54, 1.807) is 13.8 Å². The smallest absolute Gasteiger partial charge is 0.317 e. The van der Waals surface area contributed by atoms with Crippen LogP contribution in [0.1, 0.15) is 13.8 Å². The molecule has 0 aromatic rings. The maximum absolute atomic E-state index is 12.3. The fourth-order valence-electron chi connectivity index (χ4n) is 0.341. The molecule has 0 fully saturated rings. The van der Waals surface area contributed by atoms with Crippen molar-refractivity contribution < 1.29 is 17.9 Å². The molecule has 0 saturated heterocycles. The first-order chi connectivity index (χ1) is 4.86. The van der Waals surface area contributed by atoms with Gasteiger partial charge in [0.1, 0.15) is 0 Å². The molecule has 0 aromatic heterocycles. The maximum atomic E-state index is 12.3. The number of hydrogen-bond acceptors (Lipinski definition) is 1. The van der Waals surface area contributed by atoms with Crippen LogP contribution >= 0.6 is 15.9 Å². The Kier molecular flexibility index (Phi) is 4.39. The lowest BCUT2D eigenvalue weighted by atomic mass is 10.2. The molecule has 0 rings (SSSR count). The van der Waals surface area contributed by atoms with Gasteiger partial charge in [-0.3, -0.25) is 0 Å². The molecule has 0 heterocycles. The highest BCUT2D eigenvalue weighted by Crippen LogP contribution is 2.27. The lowest BCUT2D eigenvalue weighted by Crippen LogP contribution is -2.30. The fraction of sp³-hybridized carbons (Fsp3) is 1.00. The Hall–Kier alpha value is 0.230. The van der Waals surface area contributed by atoms with Crippen molar-refractivity contribution in [1.29, 1.82) is 0 Å². The van der Waals surface area contributed by atoms with Crippen molar-refractivity contribution in [3.05, 3.63) is 0 Å². The van der Waals surface area contributed by atoms with E-state index in [2.05, 4.69) is 20.7 Å². The molecule has 11 heavy (non-hydrogen) atoms. The number of ether oxygens (including phenoxy) is 1. The number of alkyl halides is 4. The second-order valence-corrected chi connectivity index (χ2v) is 3.37. The van der Waals surface area contributed by atoms with Crippen LogP contribution in [0.5, 0.6) is 0 Å². The van der Waals surface area contributed by atoms with Crippen LogP contribution in [-0.2, 0) is 4.74 Å². The minimum Gasteiger partial charge on any atom is -0.317 e. The third-order valence-corrected chi connectivity index (χ3v) is 1.40. The third-order valence-electron chi connectivity index (χ3n) is 0.863. The molecule has 0 aromatic carbocycles. The number of rotatable bonds is 4. The predicted molar refractivity (Wildman–Crippen MR) is 39.6 cm³/mol. The van der Waals surface area contributed by atoms with E-state index >= 15 is 0 Å². The first-order valence-corrected chi connectivity index (χ1v) is 4.07. The first-order valence-electron chi connectivity index (χ1n) is 3.16.